The van der Waals surface area contributed by atoms with Crippen molar-refractivity contribution in [1.29, 1.82) is 0 Å². The van der Waals surface area contributed by atoms with E-state index in [1.807, 2.05) is 32.0 Å². The summed E-state index contributed by atoms with van der Waals surface area (Å²) >= 11 is 6.19. The van der Waals surface area contributed by atoms with E-state index < -0.39 is 12.6 Å². The summed E-state index contributed by atoms with van der Waals surface area (Å²) in [5.74, 6) is 0.370. The number of halogens is 4. The normalized spacial score (nSPS) is 13.5. The fourth-order valence-corrected chi connectivity index (χ4v) is 4.48. The molecular weight excluding hydrogens is 529 g/mol. The molecule has 0 bridgehead atoms. The number of hydrogen-bond acceptors (Lipinski definition) is 5. The van der Waals surface area contributed by atoms with E-state index in [1.54, 1.807) is 35.0 Å². The van der Waals surface area contributed by atoms with Crippen LogP contribution in [0.15, 0.2) is 48.7 Å². The molecule has 3 N–H and O–H groups in total. The van der Waals surface area contributed by atoms with Gasteiger partial charge in [-0.15, -0.1) is 5.10 Å². The number of carbonyl (C=O) groups is 1. The fourth-order valence-electron chi connectivity index (χ4n) is 4.30. The van der Waals surface area contributed by atoms with Gasteiger partial charge in [-0.2, -0.15) is 13.2 Å². The van der Waals surface area contributed by atoms with Crippen LogP contribution in [-0.2, 0) is 0 Å². The second-order valence-corrected chi connectivity index (χ2v) is 10.3. The number of alkyl halides is 3. The molecule has 2 aromatic carbocycles. The summed E-state index contributed by atoms with van der Waals surface area (Å²) < 4.78 is 39.7. The lowest BCUT2D eigenvalue weighted by molar-refractivity contribution is -0.134. The molecular formula is C28H28ClF3N6O. The highest BCUT2D eigenvalue weighted by molar-refractivity contribution is 6.30. The minimum atomic E-state index is -4.22. The molecule has 7 nitrogen and oxygen atoms in total. The van der Waals surface area contributed by atoms with Gasteiger partial charge in [0.05, 0.1) is 17.6 Å². The molecule has 0 radical (unpaired) electrons. The van der Waals surface area contributed by atoms with E-state index in [4.69, 9.17) is 16.7 Å². The highest BCUT2D eigenvalue weighted by Crippen LogP contribution is 2.30. The Morgan fingerprint density at radius 1 is 1.08 bits per heavy atom. The summed E-state index contributed by atoms with van der Waals surface area (Å²) in [6.07, 6.45) is -1.50. The van der Waals surface area contributed by atoms with Crippen LogP contribution in [0.2, 0.25) is 5.02 Å². The van der Waals surface area contributed by atoms with Crippen LogP contribution >= 0.6 is 11.6 Å². The molecule has 204 valence electrons. The Balaban J connectivity index is 1.50. The number of anilines is 3. The van der Waals surface area contributed by atoms with Crippen molar-refractivity contribution in [2.24, 2.45) is 0 Å². The monoisotopic (exact) mass is 556 g/mol. The largest absolute Gasteiger partial charge is 0.389 e. The molecule has 1 amide bonds. The number of rotatable bonds is 9. The summed E-state index contributed by atoms with van der Waals surface area (Å²) in [5, 5.41) is 14.7. The lowest BCUT2D eigenvalue weighted by Crippen LogP contribution is -2.26. The van der Waals surface area contributed by atoms with Crippen molar-refractivity contribution >= 4 is 40.3 Å². The lowest BCUT2D eigenvalue weighted by Gasteiger charge is -2.14. The molecule has 0 spiro atoms. The number of fused-ring (bicyclic) bond motifs is 1. The smallest absolute Gasteiger partial charge is 0.382 e. The van der Waals surface area contributed by atoms with Gasteiger partial charge in [-0.3, -0.25) is 4.79 Å². The van der Waals surface area contributed by atoms with E-state index in [0.717, 1.165) is 35.2 Å². The highest BCUT2D eigenvalue weighted by atomic mass is 35.5. The van der Waals surface area contributed by atoms with Gasteiger partial charge in [-0.05, 0) is 68.5 Å². The predicted octanol–water partition coefficient (Wildman–Crippen LogP) is 7.06. The summed E-state index contributed by atoms with van der Waals surface area (Å²) in [5.41, 5.74) is 5.61. The first-order valence-corrected chi connectivity index (χ1v) is 13.1. The van der Waals surface area contributed by atoms with E-state index >= 15 is 0 Å². The number of amides is 1. The standard InChI is InChI=1S/C28H28ClF3N6O/c1-16-4-6-19(29)13-22(16)36-25-14-23(33-11-3-10-28(30,31)32)26-34-15-24(38(26)37-25)18-5-9-21(17(2)12-18)27(39)35-20-7-8-20/h4-6,9,12-15,20,33H,3,7-8,10-11H2,1-2H3,(H,35,39)(H,36,37). The summed E-state index contributed by atoms with van der Waals surface area (Å²) in [4.78, 5) is 17.1. The maximum absolute atomic E-state index is 12.7. The molecule has 0 unspecified atom stereocenters. The minimum Gasteiger partial charge on any atom is -0.382 e. The van der Waals surface area contributed by atoms with Gasteiger partial charge in [-0.1, -0.05) is 23.7 Å². The Hall–Kier alpha value is -3.79. The van der Waals surface area contributed by atoms with Crippen molar-refractivity contribution in [3.8, 4) is 11.3 Å². The number of nitrogens with one attached hydrogen (secondary N) is 3. The Morgan fingerprint density at radius 3 is 2.59 bits per heavy atom. The summed E-state index contributed by atoms with van der Waals surface area (Å²) in [7, 11) is 0. The van der Waals surface area contributed by atoms with E-state index in [9.17, 15) is 18.0 Å². The number of hydrogen-bond donors (Lipinski definition) is 3. The van der Waals surface area contributed by atoms with Gasteiger partial charge < -0.3 is 16.0 Å². The summed E-state index contributed by atoms with van der Waals surface area (Å²) in [6.45, 7) is 3.92. The van der Waals surface area contributed by atoms with Gasteiger partial charge in [0.25, 0.3) is 5.91 Å². The molecule has 5 rings (SSSR count). The average molecular weight is 557 g/mol. The second-order valence-electron chi connectivity index (χ2n) is 9.83. The third-order valence-corrected chi connectivity index (χ3v) is 6.80. The van der Waals surface area contributed by atoms with E-state index in [2.05, 4.69) is 20.9 Å². The van der Waals surface area contributed by atoms with Gasteiger partial charge in [0.2, 0.25) is 0 Å². The van der Waals surface area contributed by atoms with Crippen LogP contribution in [-0.4, -0.2) is 39.3 Å². The van der Waals surface area contributed by atoms with Gasteiger partial charge >= 0.3 is 6.18 Å². The average Bonchev–Trinajstić information content (AvgIpc) is 3.58. The van der Waals surface area contributed by atoms with E-state index in [1.165, 1.54) is 0 Å². The molecule has 2 aromatic heterocycles. The van der Waals surface area contributed by atoms with Crippen LogP contribution in [0.3, 0.4) is 0 Å². The Kier molecular flexibility index (Phi) is 7.40. The van der Waals surface area contributed by atoms with E-state index in [0.29, 0.717) is 33.4 Å². The van der Waals surface area contributed by atoms with Gasteiger partial charge in [0.1, 0.15) is 0 Å². The van der Waals surface area contributed by atoms with Crippen LogP contribution in [0.5, 0.6) is 0 Å². The predicted molar refractivity (Wildman–Crippen MR) is 147 cm³/mol. The first kappa shape index (κ1) is 26.8. The third kappa shape index (κ3) is 6.44. The zero-order chi connectivity index (χ0) is 27.7. The molecule has 11 heteroatoms. The first-order chi connectivity index (χ1) is 18.6. The molecule has 1 aliphatic rings. The number of benzene rings is 2. The molecule has 0 atom stereocenters. The number of aryl methyl sites for hydroxylation is 2. The van der Waals surface area contributed by atoms with Gasteiger partial charge in [0.15, 0.2) is 11.5 Å². The molecule has 2 heterocycles. The van der Waals surface area contributed by atoms with Crippen LogP contribution in [0.4, 0.5) is 30.4 Å². The van der Waals surface area contributed by atoms with Crippen LogP contribution in [0.1, 0.15) is 47.2 Å². The zero-order valence-electron chi connectivity index (χ0n) is 21.5. The summed E-state index contributed by atoms with van der Waals surface area (Å²) in [6, 6.07) is 13.0. The molecule has 39 heavy (non-hydrogen) atoms. The Labute approximate surface area is 228 Å². The van der Waals surface area contributed by atoms with E-state index in [-0.39, 0.29) is 24.9 Å². The number of nitrogens with zero attached hydrogens (tertiary/aromatic N) is 3. The Morgan fingerprint density at radius 2 is 1.87 bits per heavy atom. The van der Waals surface area contributed by atoms with Crippen molar-refractivity contribution in [3.05, 3.63) is 70.4 Å². The maximum Gasteiger partial charge on any atom is 0.389 e. The first-order valence-electron chi connectivity index (χ1n) is 12.7. The second kappa shape index (κ2) is 10.8. The highest BCUT2D eigenvalue weighted by Gasteiger charge is 2.26. The van der Waals surface area contributed by atoms with Crippen molar-refractivity contribution in [1.82, 2.24) is 19.9 Å². The number of aromatic nitrogens is 3. The van der Waals surface area contributed by atoms with Gasteiger partial charge in [0, 0.05) is 46.9 Å². The fraction of sp³-hybridized carbons (Fsp3) is 0.321. The van der Waals surface area contributed by atoms with Crippen LogP contribution in [0.25, 0.3) is 16.9 Å². The Bertz CT molecular complexity index is 1530. The molecule has 4 aromatic rings. The molecule has 0 aliphatic heterocycles. The topological polar surface area (TPSA) is 83.3 Å². The SMILES string of the molecule is Cc1ccc(Cl)cc1Nc1cc(NCCCC(F)(F)F)c2ncc(-c3ccc(C(=O)NC4CC4)c(C)c3)n2n1. The maximum atomic E-state index is 12.7. The molecule has 1 aliphatic carbocycles. The molecule has 1 fully saturated rings. The number of imidazole rings is 1. The third-order valence-electron chi connectivity index (χ3n) is 6.56. The quantitative estimate of drug-likeness (QED) is 0.192. The van der Waals surface area contributed by atoms with Crippen molar-refractivity contribution < 1.29 is 18.0 Å². The van der Waals surface area contributed by atoms with Crippen molar-refractivity contribution in [3.63, 3.8) is 0 Å². The minimum absolute atomic E-state index is 0.0781. The van der Waals surface area contributed by atoms with Crippen LogP contribution in [0, 0.1) is 13.8 Å². The molecule has 1 saturated carbocycles. The zero-order valence-corrected chi connectivity index (χ0v) is 22.2. The van der Waals surface area contributed by atoms with Crippen molar-refractivity contribution in [2.75, 3.05) is 17.2 Å². The lowest BCUT2D eigenvalue weighted by atomic mass is 10.0. The van der Waals surface area contributed by atoms with Crippen molar-refractivity contribution in [2.45, 2.75) is 51.7 Å². The number of carbonyl (C=O) groups excluding carboxylic acids is 1. The van der Waals surface area contributed by atoms with Crippen LogP contribution < -0.4 is 16.0 Å². The van der Waals surface area contributed by atoms with Gasteiger partial charge in [-0.25, -0.2) is 9.50 Å². The molecule has 0 saturated heterocycles.